The molecule has 0 saturated carbocycles. The van der Waals surface area contributed by atoms with Crippen LogP contribution in [0.4, 0.5) is 5.69 Å². The number of amides is 2. The van der Waals surface area contributed by atoms with Gasteiger partial charge in [-0.05, 0) is 62.1 Å². The summed E-state index contributed by atoms with van der Waals surface area (Å²) in [6.45, 7) is 5.20. The van der Waals surface area contributed by atoms with Gasteiger partial charge >= 0.3 is 0 Å². The van der Waals surface area contributed by atoms with E-state index in [4.69, 9.17) is 0 Å². The molecule has 1 heterocycles. The van der Waals surface area contributed by atoms with E-state index in [0.29, 0.717) is 12.1 Å². The molecule has 0 aliphatic carbocycles. The Labute approximate surface area is 219 Å². The lowest BCUT2D eigenvalue weighted by molar-refractivity contribution is -0.129. The molecule has 37 heavy (non-hydrogen) atoms. The van der Waals surface area contributed by atoms with Gasteiger partial charge in [-0.3, -0.25) is 9.59 Å². The van der Waals surface area contributed by atoms with Gasteiger partial charge in [-0.2, -0.15) is 4.31 Å². The Hall–Kier alpha value is -3.49. The van der Waals surface area contributed by atoms with Crippen molar-refractivity contribution in [2.24, 2.45) is 0 Å². The van der Waals surface area contributed by atoms with Crippen LogP contribution in [0.15, 0.2) is 77.7 Å². The van der Waals surface area contributed by atoms with E-state index in [9.17, 15) is 18.0 Å². The zero-order valence-corrected chi connectivity index (χ0v) is 22.1. The van der Waals surface area contributed by atoms with Crippen molar-refractivity contribution >= 4 is 27.5 Å². The van der Waals surface area contributed by atoms with Gasteiger partial charge in [0.1, 0.15) is 0 Å². The van der Waals surface area contributed by atoms with Crippen molar-refractivity contribution in [3.05, 3.63) is 95.1 Å². The van der Waals surface area contributed by atoms with Crippen molar-refractivity contribution < 1.29 is 18.0 Å². The fraction of sp³-hybridized carbons (Fsp3) is 0.310. The predicted molar refractivity (Wildman–Crippen MR) is 145 cm³/mol. The average molecular weight is 520 g/mol. The number of likely N-dealkylation sites (tertiary alicyclic amines) is 1. The molecule has 0 atom stereocenters. The van der Waals surface area contributed by atoms with Gasteiger partial charge in [-0.15, -0.1) is 0 Å². The smallest absolute Gasteiger partial charge is 0.243 e. The van der Waals surface area contributed by atoms with Crippen LogP contribution in [0.1, 0.15) is 35.1 Å². The number of hydrogen-bond acceptors (Lipinski definition) is 4. The lowest BCUT2D eigenvalue weighted by Crippen LogP contribution is -2.37. The van der Waals surface area contributed by atoms with Gasteiger partial charge < -0.3 is 10.2 Å². The standard InChI is InChI=1S/C29H33N3O4S/c1-22-8-14-27(15-9-22)37(35,36)32(20-25-7-5-6-23(2)18-25)21-28(33)30-26-12-10-24(11-13-26)19-29(34)31-16-3-4-17-31/h5-15,18H,3-4,16-17,19-21H2,1-2H3,(H,30,33). The second-order valence-electron chi connectivity index (χ2n) is 9.58. The number of nitrogens with zero attached hydrogens (tertiary/aromatic N) is 2. The molecule has 1 aliphatic heterocycles. The predicted octanol–water partition coefficient (Wildman–Crippen LogP) is 4.30. The molecule has 3 aromatic rings. The number of sulfonamides is 1. The highest BCUT2D eigenvalue weighted by atomic mass is 32.2. The zero-order chi connectivity index (χ0) is 26.4. The zero-order valence-electron chi connectivity index (χ0n) is 21.3. The van der Waals surface area contributed by atoms with Crippen molar-refractivity contribution in [3.63, 3.8) is 0 Å². The molecule has 0 radical (unpaired) electrons. The average Bonchev–Trinajstić information content (AvgIpc) is 3.41. The molecule has 2 amide bonds. The van der Waals surface area contributed by atoms with Crippen LogP contribution in [0.2, 0.25) is 0 Å². The number of carbonyl (C=O) groups excluding carboxylic acids is 2. The van der Waals surface area contributed by atoms with Crippen molar-refractivity contribution in [1.29, 1.82) is 0 Å². The lowest BCUT2D eigenvalue weighted by Gasteiger charge is -2.22. The maximum absolute atomic E-state index is 13.5. The van der Waals surface area contributed by atoms with Crippen molar-refractivity contribution in [2.45, 2.75) is 44.6 Å². The van der Waals surface area contributed by atoms with Gasteiger partial charge in [-0.1, -0.05) is 59.7 Å². The van der Waals surface area contributed by atoms with Gasteiger partial charge in [0.15, 0.2) is 0 Å². The van der Waals surface area contributed by atoms with Crippen LogP contribution in [0.3, 0.4) is 0 Å². The van der Waals surface area contributed by atoms with Gasteiger partial charge in [0.05, 0.1) is 17.9 Å². The van der Waals surface area contributed by atoms with Gasteiger partial charge in [0, 0.05) is 25.3 Å². The summed E-state index contributed by atoms with van der Waals surface area (Å²) in [5.74, 6) is -0.327. The Morgan fingerprint density at radius 1 is 0.865 bits per heavy atom. The SMILES string of the molecule is Cc1ccc(S(=O)(=O)N(CC(=O)Nc2ccc(CC(=O)N3CCCC3)cc2)Cc2cccc(C)c2)cc1. The molecule has 0 spiro atoms. The van der Waals surface area contributed by atoms with E-state index in [-0.39, 0.29) is 23.9 Å². The Morgan fingerprint density at radius 3 is 2.19 bits per heavy atom. The fourth-order valence-electron chi connectivity index (χ4n) is 4.42. The molecule has 1 saturated heterocycles. The number of rotatable bonds is 9. The quantitative estimate of drug-likeness (QED) is 0.457. The Balaban J connectivity index is 1.46. The van der Waals surface area contributed by atoms with E-state index >= 15 is 0 Å². The largest absolute Gasteiger partial charge is 0.342 e. The number of carbonyl (C=O) groups is 2. The number of anilines is 1. The molecule has 0 bridgehead atoms. The van der Waals surface area contributed by atoms with E-state index < -0.39 is 15.9 Å². The van der Waals surface area contributed by atoms with Crippen LogP contribution < -0.4 is 5.32 Å². The Morgan fingerprint density at radius 2 is 1.54 bits per heavy atom. The van der Waals surface area contributed by atoms with Crippen LogP contribution in [0.25, 0.3) is 0 Å². The highest BCUT2D eigenvalue weighted by molar-refractivity contribution is 7.89. The summed E-state index contributed by atoms with van der Waals surface area (Å²) in [5, 5.41) is 2.80. The first-order chi connectivity index (χ1) is 17.7. The van der Waals surface area contributed by atoms with Crippen molar-refractivity contribution in [1.82, 2.24) is 9.21 Å². The summed E-state index contributed by atoms with van der Waals surface area (Å²) in [7, 11) is -3.91. The number of benzene rings is 3. The van der Waals surface area contributed by atoms with E-state index in [1.807, 2.05) is 55.1 Å². The first-order valence-electron chi connectivity index (χ1n) is 12.5. The summed E-state index contributed by atoms with van der Waals surface area (Å²) in [4.78, 5) is 27.4. The number of aryl methyl sites for hydroxylation is 2. The third kappa shape index (κ3) is 7.05. The molecular formula is C29H33N3O4S. The van der Waals surface area contributed by atoms with Crippen LogP contribution >= 0.6 is 0 Å². The topological polar surface area (TPSA) is 86.8 Å². The molecular weight excluding hydrogens is 486 g/mol. The lowest BCUT2D eigenvalue weighted by atomic mass is 10.1. The molecule has 8 heteroatoms. The minimum Gasteiger partial charge on any atom is -0.342 e. The Kier molecular flexibility index (Phi) is 8.41. The van der Waals surface area contributed by atoms with E-state index in [1.54, 1.807) is 36.4 Å². The summed E-state index contributed by atoms with van der Waals surface area (Å²) in [6, 6.07) is 21.3. The summed E-state index contributed by atoms with van der Waals surface area (Å²) < 4.78 is 28.2. The third-order valence-corrected chi connectivity index (χ3v) is 8.28. The summed E-state index contributed by atoms with van der Waals surface area (Å²) in [5.41, 5.74) is 4.18. The van der Waals surface area contributed by atoms with Gasteiger partial charge in [0.25, 0.3) is 0 Å². The maximum Gasteiger partial charge on any atom is 0.243 e. The monoisotopic (exact) mass is 519 g/mol. The number of hydrogen-bond donors (Lipinski definition) is 1. The molecule has 7 nitrogen and oxygen atoms in total. The van der Waals surface area contributed by atoms with Gasteiger partial charge in [0.2, 0.25) is 21.8 Å². The Bertz CT molecular complexity index is 1350. The molecule has 1 aliphatic rings. The highest BCUT2D eigenvalue weighted by Gasteiger charge is 2.27. The van der Waals surface area contributed by atoms with Crippen molar-refractivity contribution in [2.75, 3.05) is 25.0 Å². The van der Waals surface area contributed by atoms with Crippen LogP contribution in [0, 0.1) is 13.8 Å². The molecule has 3 aromatic carbocycles. The minimum absolute atomic E-state index is 0.0723. The summed E-state index contributed by atoms with van der Waals surface area (Å²) in [6.07, 6.45) is 2.43. The first kappa shape index (κ1) is 26.6. The fourth-order valence-corrected chi connectivity index (χ4v) is 5.80. The van der Waals surface area contributed by atoms with Crippen LogP contribution in [-0.4, -0.2) is 49.1 Å². The minimum atomic E-state index is -3.91. The van der Waals surface area contributed by atoms with E-state index in [0.717, 1.165) is 48.2 Å². The highest BCUT2D eigenvalue weighted by Crippen LogP contribution is 2.20. The first-order valence-corrected chi connectivity index (χ1v) is 13.9. The maximum atomic E-state index is 13.5. The molecule has 0 aromatic heterocycles. The summed E-state index contributed by atoms with van der Waals surface area (Å²) >= 11 is 0. The van der Waals surface area contributed by atoms with Crippen LogP contribution in [-0.2, 0) is 32.6 Å². The van der Waals surface area contributed by atoms with Crippen molar-refractivity contribution in [3.8, 4) is 0 Å². The molecule has 194 valence electrons. The van der Waals surface area contributed by atoms with E-state index in [2.05, 4.69) is 5.32 Å². The van der Waals surface area contributed by atoms with Gasteiger partial charge in [-0.25, -0.2) is 8.42 Å². The normalized spacial score (nSPS) is 13.6. The third-order valence-electron chi connectivity index (χ3n) is 6.47. The number of nitrogens with one attached hydrogen (secondary N) is 1. The van der Waals surface area contributed by atoms with E-state index in [1.165, 1.54) is 4.31 Å². The molecule has 1 N–H and O–H groups in total. The molecule has 4 rings (SSSR count). The van der Waals surface area contributed by atoms with Crippen LogP contribution in [0.5, 0.6) is 0 Å². The molecule has 1 fully saturated rings. The second kappa shape index (κ2) is 11.7. The molecule has 0 unspecified atom stereocenters. The second-order valence-corrected chi connectivity index (χ2v) is 11.5.